The van der Waals surface area contributed by atoms with Crippen LogP contribution in [0.25, 0.3) is 0 Å². The number of ether oxygens (including phenoxy) is 1. The van der Waals surface area contributed by atoms with Gasteiger partial charge in [0.15, 0.2) is 6.10 Å². The minimum absolute atomic E-state index is 0.311. The van der Waals surface area contributed by atoms with Crippen molar-refractivity contribution < 1.29 is 4.74 Å². The van der Waals surface area contributed by atoms with Gasteiger partial charge in [-0.2, -0.15) is 0 Å². The summed E-state index contributed by atoms with van der Waals surface area (Å²) in [7, 11) is 0. The molecule has 0 bridgehead atoms. The van der Waals surface area contributed by atoms with Crippen LogP contribution in [0.15, 0.2) is 6.33 Å². The third-order valence-corrected chi connectivity index (χ3v) is 1.82. The topological polar surface area (TPSA) is 61.0 Å². The summed E-state index contributed by atoms with van der Waals surface area (Å²) in [4.78, 5) is 7.87. The summed E-state index contributed by atoms with van der Waals surface area (Å²) >= 11 is 0. The number of nitrogens with two attached hydrogens (primary N) is 1. The molecule has 1 aromatic rings. The average Bonchev–Trinajstić information content (AvgIpc) is 2.18. The Kier molecular flexibility index (Phi) is 3.29. The molecule has 0 aliphatic rings. The number of nitrogen functional groups attached to an aromatic ring is 1. The van der Waals surface area contributed by atoms with Gasteiger partial charge in [0.25, 0.3) is 0 Å². The van der Waals surface area contributed by atoms with Gasteiger partial charge in [-0.3, -0.25) is 0 Å². The molecule has 0 spiro atoms. The van der Waals surface area contributed by atoms with Crippen molar-refractivity contribution in [2.75, 3.05) is 5.73 Å². The average molecular weight is 191 g/mol. The zero-order valence-corrected chi connectivity index (χ0v) is 8.32. The molecule has 0 aliphatic carbocycles. The van der Waals surface area contributed by atoms with E-state index in [1.165, 1.54) is 6.33 Å². The van der Waals surface area contributed by atoms with E-state index >= 15 is 0 Å². The second-order valence-electron chi connectivity index (χ2n) is 2.82. The van der Waals surface area contributed by atoms with Crippen LogP contribution in [0, 0.1) is 12.3 Å². The number of rotatable bonds is 3. The van der Waals surface area contributed by atoms with Gasteiger partial charge in [-0.15, -0.1) is 6.42 Å². The quantitative estimate of drug-likeness (QED) is 0.725. The Bertz CT molecular complexity index is 357. The van der Waals surface area contributed by atoms with Crippen molar-refractivity contribution in [1.29, 1.82) is 0 Å². The fourth-order valence-electron chi connectivity index (χ4n) is 1.04. The fraction of sp³-hybridized carbons (Fsp3) is 0.400. The molecule has 1 rings (SSSR count). The minimum Gasteiger partial charge on any atom is -0.461 e. The maximum absolute atomic E-state index is 5.67. The monoisotopic (exact) mass is 191 g/mol. The van der Waals surface area contributed by atoms with Crippen molar-refractivity contribution in [3.8, 4) is 18.2 Å². The molecule has 1 heterocycles. The molecule has 0 fully saturated rings. The molecular weight excluding hydrogens is 178 g/mol. The molecule has 4 heteroatoms. The summed E-state index contributed by atoms with van der Waals surface area (Å²) < 4.78 is 5.40. The minimum atomic E-state index is -0.311. The second kappa shape index (κ2) is 4.47. The number of hydrogen-bond acceptors (Lipinski definition) is 4. The molecule has 1 aromatic heterocycles. The van der Waals surface area contributed by atoms with Crippen LogP contribution in [-0.4, -0.2) is 16.1 Å². The van der Waals surface area contributed by atoms with Gasteiger partial charge in [-0.05, 0) is 13.3 Å². The highest BCUT2D eigenvalue weighted by Gasteiger charge is 2.10. The first-order valence-electron chi connectivity index (χ1n) is 4.41. The highest BCUT2D eigenvalue weighted by molar-refractivity contribution is 5.44. The van der Waals surface area contributed by atoms with E-state index < -0.39 is 0 Å². The van der Waals surface area contributed by atoms with Crippen LogP contribution < -0.4 is 10.5 Å². The Labute approximate surface area is 83.5 Å². The Morgan fingerprint density at radius 3 is 2.93 bits per heavy atom. The summed E-state index contributed by atoms with van der Waals surface area (Å²) in [6.07, 6.45) is 6.98. The molecule has 14 heavy (non-hydrogen) atoms. The first-order chi connectivity index (χ1) is 6.69. The number of nitrogens with zero attached hydrogens (tertiary/aromatic N) is 2. The van der Waals surface area contributed by atoms with Gasteiger partial charge in [0.05, 0.1) is 5.56 Å². The van der Waals surface area contributed by atoms with Crippen LogP contribution in [-0.2, 0) is 6.42 Å². The third kappa shape index (κ3) is 2.13. The van der Waals surface area contributed by atoms with Crippen LogP contribution in [0.4, 0.5) is 5.82 Å². The largest absolute Gasteiger partial charge is 0.461 e. The highest BCUT2D eigenvalue weighted by Crippen LogP contribution is 2.20. The third-order valence-electron chi connectivity index (χ3n) is 1.82. The van der Waals surface area contributed by atoms with E-state index in [1.807, 2.05) is 6.92 Å². The van der Waals surface area contributed by atoms with Gasteiger partial charge in [0.1, 0.15) is 12.1 Å². The first-order valence-corrected chi connectivity index (χ1v) is 4.41. The second-order valence-corrected chi connectivity index (χ2v) is 2.82. The van der Waals surface area contributed by atoms with Gasteiger partial charge in [0, 0.05) is 0 Å². The molecule has 0 aliphatic heterocycles. The van der Waals surface area contributed by atoms with Gasteiger partial charge < -0.3 is 10.5 Å². The Balaban J connectivity index is 2.97. The number of anilines is 1. The lowest BCUT2D eigenvalue weighted by Crippen LogP contribution is -2.12. The predicted octanol–water partition coefficient (Wildman–Crippen LogP) is 1.02. The van der Waals surface area contributed by atoms with Crippen LogP contribution >= 0.6 is 0 Å². The Hall–Kier alpha value is -1.76. The lowest BCUT2D eigenvalue weighted by atomic mass is 10.2. The molecule has 74 valence electrons. The first kappa shape index (κ1) is 10.3. The number of aromatic nitrogens is 2. The van der Waals surface area contributed by atoms with Crippen LogP contribution in [0.2, 0.25) is 0 Å². The standard InChI is InChI=1S/C10H13N3O/c1-4-7(3)14-10-8(5-2)9(11)12-6-13-10/h1,6-7H,5H2,2-3H3,(H2,11,12,13). The van der Waals surface area contributed by atoms with Crippen LogP contribution in [0.5, 0.6) is 5.88 Å². The van der Waals surface area contributed by atoms with Gasteiger partial charge in [-0.1, -0.05) is 12.8 Å². The van der Waals surface area contributed by atoms with E-state index in [2.05, 4.69) is 15.9 Å². The molecule has 4 nitrogen and oxygen atoms in total. The van der Waals surface area contributed by atoms with E-state index in [1.54, 1.807) is 6.92 Å². The van der Waals surface area contributed by atoms with E-state index in [9.17, 15) is 0 Å². The molecule has 2 N–H and O–H groups in total. The van der Waals surface area contributed by atoms with E-state index in [4.69, 9.17) is 16.9 Å². The van der Waals surface area contributed by atoms with Crippen molar-refractivity contribution >= 4 is 5.82 Å². The number of terminal acetylenes is 1. The van der Waals surface area contributed by atoms with E-state index in [0.29, 0.717) is 11.7 Å². The molecule has 0 saturated heterocycles. The van der Waals surface area contributed by atoms with Crippen molar-refractivity contribution in [2.45, 2.75) is 26.4 Å². The molecule has 0 radical (unpaired) electrons. The highest BCUT2D eigenvalue weighted by atomic mass is 16.5. The molecular formula is C10H13N3O. The van der Waals surface area contributed by atoms with E-state index in [0.717, 1.165) is 12.0 Å². The Morgan fingerprint density at radius 1 is 1.64 bits per heavy atom. The van der Waals surface area contributed by atoms with Crippen molar-refractivity contribution in [3.05, 3.63) is 11.9 Å². The fourth-order valence-corrected chi connectivity index (χ4v) is 1.04. The van der Waals surface area contributed by atoms with Gasteiger partial charge >= 0.3 is 0 Å². The normalized spacial score (nSPS) is 11.8. The molecule has 1 atom stereocenters. The smallest absolute Gasteiger partial charge is 0.223 e. The van der Waals surface area contributed by atoms with Crippen LogP contribution in [0.3, 0.4) is 0 Å². The molecule has 0 saturated carbocycles. The zero-order chi connectivity index (χ0) is 10.6. The Morgan fingerprint density at radius 2 is 2.36 bits per heavy atom. The van der Waals surface area contributed by atoms with Crippen molar-refractivity contribution in [3.63, 3.8) is 0 Å². The maximum atomic E-state index is 5.67. The predicted molar refractivity (Wildman–Crippen MR) is 54.7 cm³/mol. The zero-order valence-electron chi connectivity index (χ0n) is 8.32. The lowest BCUT2D eigenvalue weighted by Gasteiger charge is -2.11. The summed E-state index contributed by atoms with van der Waals surface area (Å²) in [5.41, 5.74) is 6.47. The molecule has 1 unspecified atom stereocenters. The SMILES string of the molecule is C#CC(C)Oc1ncnc(N)c1CC. The number of hydrogen-bond donors (Lipinski definition) is 1. The lowest BCUT2D eigenvalue weighted by molar-refractivity contribution is 0.264. The summed E-state index contributed by atoms with van der Waals surface area (Å²) in [5.74, 6) is 3.38. The maximum Gasteiger partial charge on any atom is 0.223 e. The van der Waals surface area contributed by atoms with Crippen LogP contribution in [0.1, 0.15) is 19.4 Å². The van der Waals surface area contributed by atoms with Gasteiger partial charge in [-0.25, -0.2) is 9.97 Å². The summed E-state index contributed by atoms with van der Waals surface area (Å²) in [6.45, 7) is 3.74. The molecule has 0 amide bonds. The van der Waals surface area contributed by atoms with Crippen molar-refractivity contribution in [1.82, 2.24) is 9.97 Å². The summed E-state index contributed by atoms with van der Waals surface area (Å²) in [5, 5.41) is 0. The van der Waals surface area contributed by atoms with Crippen molar-refractivity contribution in [2.24, 2.45) is 0 Å². The van der Waals surface area contributed by atoms with E-state index in [-0.39, 0.29) is 6.10 Å². The molecule has 0 aromatic carbocycles. The van der Waals surface area contributed by atoms with Gasteiger partial charge in [0.2, 0.25) is 5.88 Å². The summed E-state index contributed by atoms with van der Waals surface area (Å²) in [6, 6.07) is 0.